The average molecular weight is 243 g/mol. The molecule has 17 heavy (non-hydrogen) atoms. The summed E-state index contributed by atoms with van der Waals surface area (Å²) >= 11 is 0. The minimum atomic E-state index is -0.202. The van der Waals surface area contributed by atoms with Gasteiger partial charge in [-0.3, -0.25) is 10.1 Å². The standard InChI is InChI=1S/C13H25NO3/c1-4-7-11(12(15)17-5-2)14-13(3)8-6-9-16-10-13/h11,14H,4-10H2,1-3H3. The fourth-order valence-corrected chi connectivity index (χ4v) is 2.25. The van der Waals surface area contributed by atoms with E-state index in [9.17, 15) is 4.79 Å². The van der Waals surface area contributed by atoms with Crippen molar-refractivity contribution in [3.8, 4) is 0 Å². The lowest BCUT2D eigenvalue weighted by atomic mass is 9.93. The zero-order valence-electron chi connectivity index (χ0n) is 11.3. The van der Waals surface area contributed by atoms with Gasteiger partial charge >= 0.3 is 5.97 Å². The number of carbonyl (C=O) groups is 1. The lowest BCUT2D eigenvalue weighted by Crippen LogP contribution is -2.55. The highest BCUT2D eigenvalue weighted by atomic mass is 16.5. The van der Waals surface area contributed by atoms with Crippen LogP contribution >= 0.6 is 0 Å². The maximum atomic E-state index is 11.8. The number of ether oxygens (including phenoxy) is 2. The third-order valence-corrected chi connectivity index (χ3v) is 3.11. The number of esters is 1. The molecule has 1 fully saturated rings. The van der Waals surface area contributed by atoms with Crippen LogP contribution in [-0.4, -0.2) is 37.4 Å². The van der Waals surface area contributed by atoms with Crippen molar-refractivity contribution in [2.24, 2.45) is 0 Å². The highest BCUT2D eigenvalue weighted by molar-refractivity contribution is 5.75. The first-order valence-corrected chi connectivity index (χ1v) is 6.63. The van der Waals surface area contributed by atoms with Gasteiger partial charge in [0.2, 0.25) is 0 Å². The van der Waals surface area contributed by atoms with Crippen LogP contribution in [0.25, 0.3) is 0 Å². The van der Waals surface area contributed by atoms with E-state index in [1.807, 2.05) is 6.92 Å². The Morgan fingerprint density at radius 3 is 2.82 bits per heavy atom. The summed E-state index contributed by atoms with van der Waals surface area (Å²) in [6.45, 7) is 7.98. The number of nitrogens with one attached hydrogen (secondary N) is 1. The van der Waals surface area contributed by atoms with Crippen molar-refractivity contribution in [3.05, 3.63) is 0 Å². The van der Waals surface area contributed by atoms with Gasteiger partial charge in [0, 0.05) is 12.1 Å². The summed E-state index contributed by atoms with van der Waals surface area (Å²) < 4.78 is 10.6. The molecule has 1 saturated heterocycles. The molecule has 1 rings (SSSR count). The van der Waals surface area contributed by atoms with Crippen LogP contribution in [0, 0.1) is 0 Å². The lowest BCUT2D eigenvalue weighted by molar-refractivity contribution is -0.147. The molecule has 0 aliphatic carbocycles. The maximum absolute atomic E-state index is 11.8. The number of carbonyl (C=O) groups excluding carboxylic acids is 1. The van der Waals surface area contributed by atoms with E-state index in [1.54, 1.807) is 0 Å². The molecule has 4 nitrogen and oxygen atoms in total. The van der Waals surface area contributed by atoms with Crippen molar-refractivity contribution < 1.29 is 14.3 Å². The van der Waals surface area contributed by atoms with Crippen LogP contribution < -0.4 is 5.32 Å². The molecule has 0 radical (unpaired) electrons. The average Bonchev–Trinajstić information content (AvgIpc) is 2.29. The van der Waals surface area contributed by atoms with E-state index in [-0.39, 0.29) is 17.6 Å². The van der Waals surface area contributed by atoms with Crippen LogP contribution in [0.1, 0.15) is 46.5 Å². The van der Waals surface area contributed by atoms with Crippen LogP contribution in [0.3, 0.4) is 0 Å². The van der Waals surface area contributed by atoms with E-state index in [2.05, 4.69) is 19.2 Å². The molecule has 1 aliphatic rings. The molecule has 0 saturated carbocycles. The minimum Gasteiger partial charge on any atom is -0.465 e. The van der Waals surface area contributed by atoms with Gasteiger partial charge in [-0.15, -0.1) is 0 Å². The number of hydrogen-bond acceptors (Lipinski definition) is 4. The molecule has 1 heterocycles. The Balaban J connectivity index is 2.55. The van der Waals surface area contributed by atoms with Crippen molar-refractivity contribution in [2.75, 3.05) is 19.8 Å². The first-order chi connectivity index (χ1) is 8.11. The predicted octanol–water partition coefficient (Wildman–Crippen LogP) is 1.88. The van der Waals surface area contributed by atoms with Gasteiger partial charge in [0.25, 0.3) is 0 Å². The summed E-state index contributed by atoms with van der Waals surface area (Å²) in [6.07, 6.45) is 3.87. The van der Waals surface area contributed by atoms with Crippen molar-refractivity contribution in [3.63, 3.8) is 0 Å². The quantitative estimate of drug-likeness (QED) is 0.724. The zero-order chi connectivity index (χ0) is 12.7. The first kappa shape index (κ1) is 14.5. The monoisotopic (exact) mass is 243 g/mol. The fraction of sp³-hybridized carbons (Fsp3) is 0.923. The van der Waals surface area contributed by atoms with E-state index in [1.165, 1.54) is 0 Å². The second-order valence-electron chi connectivity index (χ2n) is 4.95. The van der Waals surface area contributed by atoms with E-state index >= 15 is 0 Å². The smallest absolute Gasteiger partial charge is 0.323 e. The van der Waals surface area contributed by atoms with Crippen molar-refractivity contribution >= 4 is 5.97 Å². The maximum Gasteiger partial charge on any atom is 0.323 e. The van der Waals surface area contributed by atoms with Gasteiger partial charge in [0.15, 0.2) is 0 Å². The molecule has 2 unspecified atom stereocenters. The largest absolute Gasteiger partial charge is 0.465 e. The van der Waals surface area contributed by atoms with Crippen LogP contribution in [0.4, 0.5) is 0 Å². The van der Waals surface area contributed by atoms with Gasteiger partial charge in [-0.25, -0.2) is 0 Å². The van der Waals surface area contributed by atoms with Crippen LogP contribution in [0.5, 0.6) is 0 Å². The van der Waals surface area contributed by atoms with Gasteiger partial charge in [-0.05, 0) is 33.1 Å². The molecular formula is C13H25NO3. The summed E-state index contributed by atoms with van der Waals surface area (Å²) in [5.41, 5.74) is -0.0924. The second kappa shape index (κ2) is 6.97. The first-order valence-electron chi connectivity index (χ1n) is 6.63. The summed E-state index contributed by atoms with van der Waals surface area (Å²) in [7, 11) is 0. The second-order valence-corrected chi connectivity index (χ2v) is 4.95. The fourth-order valence-electron chi connectivity index (χ4n) is 2.25. The molecule has 100 valence electrons. The van der Waals surface area contributed by atoms with Crippen LogP contribution in [0.15, 0.2) is 0 Å². The molecule has 0 spiro atoms. The number of rotatable bonds is 6. The van der Waals surface area contributed by atoms with Gasteiger partial charge in [0.1, 0.15) is 6.04 Å². The van der Waals surface area contributed by atoms with E-state index in [0.29, 0.717) is 13.2 Å². The highest BCUT2D eigenvalue weighted by Gasteiger charge is 2.32. The third kappa shape index (κ3) is 4.64. The Hall–Kier alpha value is -0.610. The van der Waals surface area contributed by atoms with E-state index in [4.69, 9.17) is 9.47 Å². The Labute approximate surface area is 104 Å². The topological polar surface area (TPSA) is 47.6 Å². The van der Waals surface area contributed by atoms with Gasteiger partial charge in [-0.1, -0.05) is 13.3 Å². The van der Waals surface area contributed by atoms with E-state index < -0.39 is 0 Å². The van der Waals surface area contributed by atoms with Crippen molar-refractivity contribution in [1.29, 1.82) is 0 Å². The number of hydrogen-bond donors (Lipinski definition) is 1. The Bertz CT molecular complexity index is 237. The summed E-state index contributed by atoms with van der Waals surface area (Å²) in [4.78, 5) is 11.8. The van der Waals surface area contributed by atoms with Crippen molar-refractivity contribution in [1.82, 2.24) is 5.32 Å². The summed E-state index contributed by atoms with van der Waals surface area (Å²) in [5.74, 6) is -0.138. The molecule has 0 aromatic carbocycles. The zero-order valence-corrected chi connectivity index (χ0v) is 11.3. The SMILES string of the molecule is CCCC(NC1(C)CCCOC1)C(=O)OCC. The molecule has 0 aromatic rings. The van der Waals surface area contributed by atoms with Crippen LogP contribution in [0.2, 0.25) is 0 Å². The molecule has 2 atom stereocenters. The minimum absolute atomic E-state index is 0.0924. The van der Waals surface area contributed by atoms with Crippen molar-refractivity contribution in [2.45, 2.75) is 58.0 Å². The van der Waals surface area contributed by atoms with E-state index in [0.717, 1.165) is 32.3 Å². The summed E-state index contributed by atoms with van der Waals surface area (Å²) in [5, 5.41) is 3.42. The molecule has 1 N–H and O–H groups in total. The molecular weight excluding hydrogens is 218 g/mol. The normalized spacial score (nSPS) is 26.5. The van der Waals surface area contributed by atoms with Gasteiger partial charge in [-0.2, -0.15) is 0 Å². The predicted molar refractivity (Wildman–Crippen MR) is 66.9 cm³/mol. The third-order valence-electron chi connectivity index (χ3n) is 3.11. The molecule has 0 bridgehead atoms. The Morgan fingerprint density at radius 2 is 2.29 bits per heavy atom. The molecule has 4 heteroatoms. The Kier molecular flexibility index (Phi) is 5.92. The molecule has 0 aromatic heterocycles. The van der Waals surface area contributed by atoms with Crippen LogP contribution in [-0.2, 0) is 14.3 Å². The Morgan fingerprint density at radius 1 is 1.53 bits per heavy atom. The summed E-state index contributed by atoms with van der Waals surface area (Å²) in [6, 6.07) is -0.202. The van der Waals surface area contributed by atoms with Gasteiger partial charge < -0.3 is 9.47 Å². The molecule has 1 aliphatic heterocycles. The lowest BCUT2D eigenvalue weighted by Gasteiger charge is -2.37. The highest BCUT2D eigenvalue weighted by Crippen LogP contribution is 2.20. The molecule has 0 amide bonds. The van der Waals surface area contributed by atoms with Gasteiger partial charge in [0.05, 0.1) is 13.2 Å².